The predicted octanol–water partition coefficient (Wildman–Crippen LogP) is 2.02. The van der Waals surface area contributed by atoms with Crippen LogP contribution in [0.5, 0.6) is 5.75 Å². The molecule has 0 fully saturated rings. The average Bonchev–Trinajstić information content (AvgIpc) is 2.91. The molecule has 2 aromatic rings. The standard InChI is InChI=1S/C11H9BrN4O5/c1-2-21-11(18)9-8(13-15-14-9)5-3-6(12)10(17)7(4-5)16(19)20/h3-4,17H,2H2,1H3,(H,13,14,15). The number of aromatic nitrogens is 3. The smallest absolute Gasteiger partial charge is 0.361 e. The molecule has 0 unspecified atom stereocenters. The van der Waals surface area contributed by atoms with E-state index in [9.17, 15) is 20.0 Å². The number of aromatic amines is 1. The number of esters is 1. The number of nitro benzene ring substituents is 1. The van der Waals surface area contributed by atoms with Crippen molar-refractivity contribution >= 4 is 27.6 Å². The van der Waals surface area contributed by atoms with Crippen molar-refractivity contribution < 1.29 is 19.6 Å². The minimum Gasteiger partial charge on any atom is -0.501 e. The van der Waals surface area contributed by atoms with Crippen LogP contribution in [-0.4, -0.2) is 38.0 Å². The fourth-order valence-corrected chi connectivity index (χ4v) is 2.08. The van der Waals surface area contributed by atoms with E-state index >= 15 is 0 Å². The predicted molar refractivity (Wildman–Crippen MR) is 73.8 cm³/mol. The van der Waals surface area contributed by atoms with Gasteiger partial charge in [0.25, 0.3) is 0 Å². The van der Waals surface area contributed by atoms with Crippen molar-refractivity contribution in [3.63, 3.8) is 0 Å². The molecule has 0 spiro atoms. The number of benzene rings is 1. The van der Waals surface area contributed by atoms with E-state index in [1.54, 1.807) is 6.92 Å². The Labute approximate surface area is 126 Å². The first-order chi connectivity index (χ1) is 9.95. The number of carbonyl (C=O) groups excluding carboxylic acids is 1. The van der Waals surface area contributed by atoms with E-state index in [0.29, 0.717) is 0 Å². The zero-order valence-corrected chi connectivity index (χ0v) is 12.2. The summed E-state index contributed by atoms with van der Waals surface area (Å²) in [5.41, 5.74) is -0.277. The van der Waals surface area contributed by atoms with Gasteiger partial charge in [-0.1, -0.05) is 0 Å². The first-order valence-corrected chi connectivity index (χ1v) is 6.50. The zero-order chi connectivity index (χ0) is 15.6. The van der Waals surface area contributed by atoms with Crippen LogP contribution in [0.4, 0.5) is 5.69 Å². The van der Waals surface area contributed by atoms with Gasteiger partial charge in [0.2, 0.25) is 5.75 Å². The number of nitrogens with one attached hydrogen (secondary N) is 1. The number of nitro groups is 1. The maximum atomic E-state index is 11.7. The molecule has 1 aromatic heterocycles. The number of phenolic OH excluding ortho intramolecular Hbond substituents is 1. The van der Waals surface area contributed by atoms with Crippen LogP contribution in [0.3, 0.4) is 0 Å². The van der Waals surface area contributed by atoms with Gasteiger partial charge < -0.3 is 9.84 Å². The van der Waals surface area contributed by atoms with Gasteiger partial charge in [0, 0.05) is 11.6 Å². The molecule has 0 saturated heterocycles. The van der Waals surface area contributed by atoms with Crippen LogP contribution < -0.4 is 0 Å². The highest BCUT2D eigenvalue weighted by Gasteiger charge is 2.24. The van der Waals surface area contributed by atoms with E-state index in [1.807, 2.05) is 0 Å². The van der Waals surface area contributed by atoms with Crippen molar-refractivity contribution in [2.45, 2.75) is 6.92 Å². The molecule has 0 aliphatic heterocycles. The topological polar surface area (TPSA) is 131 Å². The summed E-state index contributed by atoms with van der Waals surface area (Å²) in [5, 5.41) is 30.3. The van der Waals surface area contributed by atoms with E-state index in [1.165, 1.54) is 6.07 Å². The molecule has 0 aliphatic rings. The number of ether oxygens (including phenoxy) is 1. The monoisotopic (exact) mass is 356 g/mol. The van der Waals surface area contributed by atoms with Crippen molar-refractivity contribution in [1.82, 2.24) is 15.4 Å². The van der Waals surface area contributed by atoms with E-state index in [-0.39, 0.29) is 28.0 Å². The Morgan fingerprint density at radius 2 is 2.24 bits per heavy atom. The molecule has 0 bridgehead atoms. The molecular weight excluding hydrogens is 348 g/mol. The second kappa shape index (κ2) is 5.87. The van der Waals surface area contributed by atoms with Crippen molar-refractivity contribution in [1.29, 1.82) is 0 Å². The summed E-state index contributed by atoms with van der Waals surface area (Å²) in [4.78, 5) is 21.9. The largest absolute Gasteiger partial charge is 0.501 e. The molecule has 110 valence electrons. The average molecular weight is 357 g/mol. The number of aromatic hydroxyl groups is 1. The first kappa shape index (κ1) is 14.9. The maximum Gasteiger partial charge on any atom is 0.361 e. The summed E-state index contributed by atoms with van der Waals surface area (Å²) in [6.07, 6.45) is 0. The van der Waals surface area contributed by atoms with Crippen molar-refractivity contribution in [2.75, 3.05) is 6.61 Å². The van der Waals surface area contributed by atoms with Gasteiger partial charge in [-0.3, -0.25) is 10.1 Å². The van der Waals surface area contributed by atoms with Crippen LogP contribution in [-0.2, 0) is 4.74 Å². The molecule has 2 N–H and O–H groups in total. The van der Waals surface area contributed by atoms with E-state index in [0.717, 1.165) is 6.07 Å². The quantitative estimate of drug-likeness (QED) is 0.486. The van der Waals surface area contributed by atoms with Crippen molar-refractivity contribution in [3.8, 4) is 17.0 Å². The maximum absolute atomic E-state index is 11.7. The van der Waals surface area contributed by atoms with Gasteiger partial charge in [-0.05, 0) is 28.9 Å². The second-order valence-electron chi connectivity index (χ2n) is 3.82. The summed E-state index contributed by atoms with van der Waals surface area (Å²) in [6.45, 7) is 1.80. The number of H-pyrrole nitrogens is 1. The Morgan fingerprint density at radius 1 is 1.52 bits per heavy atom. The fourth-order valence-electron chi connectivity index (χ4n) is 1.63. The molecule has 0 radical (unpaired) electrons. The Bertz CT molecular complexity index is 715. The number of hydrogen-bond acceptors (Lipinski definition) is 7. The van der Waals surface area contributed by atoms with Gasteiger partial charge in [0.15, 0.2) is 5.69 Å². The Balaban J connectivity index is 2.56. The number of carbonyl (C=O) groups is 1. The minimum absolute atomic E-state index is 0.0938. The first-order valence-electron chi connectivity index (χ1n) is 5.70. The number of hydrogen-bond donors (Lipinski definition) is 2. The zero-order valence-electron chi connectivity index (χ0n) is 10.7. The van der Waals surface area contributed by atoms with Crippen LogP contribution in [0.2, 0.25) is 0 Å². The molecule has 2 rings (SSSR count). The SMILES string of the molecule is CCOC(=O)c1n[nH]nc1-c1cc(Br)c(O)c([N+](=O)[O-])c1. The van der Waals surface area contributed by atoms with Gasteiger partial charge in [0.1, 0.15) is 5.69 Å². The molecule has 0 amide bonds. The van der Waals surface area contributed by atoms with Crippen molar-refractivity contribution in [3.05, 3.63) is 32.4 Å². The second-order valence-corrected chi connectivity index (χ2v) is 4.68. The molecule has 9 nitrogen and oxygen atoms in total. The highest BCUT2D eigenvalue weighted by molar-refractivity contribution is 9.10. The Morgan fingerprint density at radius 3 is 2.86 bits per heavy atom. The fraction of sp³-hybridized carbons (Fsp3) is 0.182. The molecule has 21 heavy (non-hydrogen) atoms. The summed E-state index contributed by atoms with van der Waals surface area (Å²) < 4.78 is 4.93. The number of nitrogens with zero attached hydrogens (tertiary/aromatic N) is 3. The van der Waals surface area contributed by atoms with Gasteiger partial charge in [-0.15, -0.1) is 5.10 Å². The van der Waals surface area contributed by atoms with Crippen LogP contribution in [0.25, 0.3) is 11.3 Å². The van der Waals surface area contributed by atoms with Crippen LogP contribution in [0.1, 0.15) is 17.4 Å². The lowest BCUT2D eigenvalue weighted by atomic mass is 10.1. The number of halogens is 1. The van der Waals surface area contributed by atoms with E-state index in [4.69, 9.17) is 4.74 Å². The summed E-state index contributed by atoms with van der Waals surface area (Å²) in [7, 11) is 0. The summed E-state index contributed by atoms with van der Waals surface area (Å²) in [6, 6.07) is 2.49. The number of phenols is 1. The normalized spacial score (nSPS) is 10.4. The third-order valence-electron chi connectivity index (χ3n) is 2.53. The lowest BCUT2D eigenvalue weighted by molar-refractivity contribution is -0.385. The molecule has 0 aliphatic carbocycles. The van der Waals surface area contributed by atoms with Crippen LogP contribution in [0, 0.1) is 10.1 Å². The molecule has 1 aromatic carbocycles. The van der Waals surface area contributed by atoms with E-state index < -0.39 is 22.3 Å². The molecule has 0 atom stereocenters. The summed E-state index contributed by atoms with van der Waals surface area (Å²) >= 11 is 3.01. The van der Waals surface area contributed by atoms with Gasteiger partial charge in [-0.25, -0.2) is 4.79 Å². The molecular formula is C11H9BrN4O5. The Hall–Kier alpha value is -2.49. The van der Waals surface area contributed by atoms with Crippen LogP contribution in [0.15, 0.2) is 16.6 Å². The van der Waals surface area contributed by atoms with Crippen molar-refractivity contribution in [2.24, 2.45) is 0 Å². The third-order valence-corrected chi connectivity index (χ3v) is 3.13. The lowest BCUT2D eigenvalue weighted by Crippen LogP contribution is -2.06. The molecule has 10 heteroatoms. The minimum atomic E-state index is -0.742. The lowest BCUT2D eigenvalue weighted by Gasteiger charge is -2.04. The highest BCUT2D eigenvalue weighted by atomic mass is 79.9. The molecule has 0 saturated carbocycles. The highest BCUT2D eigenvalue weighted by Crippen LogP contribution is 2.38. The van der Waals surface area contributed by atoms with Gasteiger partial charge in [-0.2, -0.15) is 10.3 Å². The summed E-state index contributed by atoms with van der Waals surface area (Å²) in [5.74, 6) is -1.21. The third kappa shape index (κ3) is 2.84. The number of rotatable bonds is 4. The van der Waals surface area contributed by atoms with E-state index in [2.05, 4.69) is 31.3 Å². The van der Waals surface area contributed by atoms with Gasteiger partial charge >= 0.3 is 11.7 Å². The van der Waals surface area contributed by atoms with Gasteiger partial charge in [0.05, 0.1) is 16.0 Å². The van der Waals surface area contributed by atoms with Crippen LogP contribution >= 0.6 is 15.9 Å². The molecule has 1 heterocycles. The Kier molecular flexibility index (Phi) is 4.17.